The summed E-state index contributed by atoms with van der Waals surface area (Å²) in [6, 6.07) is 21.8. The summed E-state index contributed by atoms with van der Waals surface area (Å²) in [5.74, 6) is -2.18. The van der Waals surface area contributed by atoms with Crippen LogP contribution < -0.4 is 9.96 Å². The molecule has 2 saturated heterocycles. The number of amides is 2. The fourth-order valence-corrected chi connectivity index (χ4v) is 4.28. The minimum Gasteiger partial charge on any atom is -0.273 e. The van der Waals surface area contributed by atoms with Gasteiger partial charge < -0.3 is 0 Å². The molecule has 0 spiro atoms. The molecule has 2 heterocycles. The van der Waals surface area contributed by atoms with Gasteiger partial charge in [0.15, 0.2) is 6.10 Å². The summed E-state index contributed by atoms with van der Waals surface area (Å²) < 4.78 is 39.5. The highest BCUT2D eigenvalue weighted by Crippen LogP contribution is 2.47. The van der Waals surface area contributed by atoms with E-state index in [1.165, 1.54) is 12.1 Å². The van der Waals surface area contributed by atoms with Crippen LogP contribution in [-0.4, -0.2) is 17.9 Å². The number of hydroxylamine groups is 1. The number of fused-ring (bicyclic) bond motifs is 1. The number of alkyl halides is 3. The predicted molar refractivity (Wildman–Crippen MR) is 110 cm³/mol. The average molecular weight is 438 g/mol. The molecule has 2 fully saturated rings. The van der Waals surface area contributed by atoms with Gasteiger partial charge in [-0.3, -0.25) is 14.4 Å². The Morgan fingerprint density at radius 2 is 1.38 bits per heavy atom. The van der Waals surface area contributed by atoms with Gasteiger partial charge >= 0.3 is 6.18 Å². The first-order valence-electron chi connectivity index (χ1n) is 9.97. The summed E-state index contributed by atoms with van der Waals surface area (Å²) in [4.78, 5) is 33.4. The van der Waals surface area contributed by atoms with Gasteiger partial charge in [-0.25, -0.2) is 9.96 Å². The van der Waals surface area contributed by atoms with Crippen molar-refractivity contribution in [1.82, 2.24) is 0 Å². The van der Waals surface area contributed by atoms with E-state index in [1.807, 2.05) is 48.5 Å². The first kappa shape index (κ1) is 20.3. The summed E-state index contributed by atoms with van der Waals surface area (Å²) in [5, 5.41) is 1.55. The molecular weight excluding hydrogens is 421 g/mol. The Morgan fingerprint density at radius 3 is 2.03 bits per heavy atom. The lowest BCUT2D eigenvalue weighted by atomic mass is 9.90. The molecule has 5 nitrogen and oxygen atoms in total. The first-order chi connectivity index (χ1) is 15.4. The van der Waals surface area contributed by atoms with Gasteiger partial charge in [-0.1, -0.05) is 54.6 Å². The zero-order chi connectivity index (χ0) is 22.5. The second-order valence-electron chi connectivity index (χ2n) is 7.63. The third-order valence-electron chi connectivity index (χ3n) is 5.70. The number of carbonyl (C=O) groups is 2. The number of carbonyl (C=O) groups excluding carboxylic acids is 2. The van der Waals surface area contributed by atoms with Gasteiger partial charge in [0.2, 0.25) is 5.91 Å². The number of hydrogen-bond acceptors (Lipinski definition) is 4. The van der Waals surface area contributed by atoms with E-state index in [9.17, 15) is 22.8 Å². The summed E-state index contributed by atoms with van der Waals surface area (Å²) in [6.45, 7) is 0. The smallest absolute Gasteiger partial charge is 0.273 e. The molecule has 5 rings (SSSR count). The lowest BCUT2D eigenvalue weighted by molar-refractivity contribution is -0.137. The standard InChI is InChI=1S/C24H17F3N2O3/c25-24(26,27)16-10-7-13-18(14-16)28-22(30)19-20(15-8-3-1-4-9-15)29(32-21(19)23(28)31)17-11-5-2-6-12-17/h1-14,19-21H. The number of anilines is 2. The van der Waals surface area contributed by atoms with Gasteiger partial charge in [-0.15, -0.1) is 0 Å². The average Bonchev–Trinajstić information content (AvgIpc) is 3.30. The Labute approximate surface area is 181 Å². The Bertz CT molecular complexity index is 1170. The topological polar surface area (TPSA) is 49.9 Å². The predicted octanol–water partition coefficient (Wildman–Crippen LogP) is 4.76. The molecule has 2 aliphatic heterocycles. The maximum absolute atomic E-state index is 13.4. The molecule has 2 aliphatic rings. The highest BCUT2D eigenvalue weighted by atomic mass is 19.4. The summed E-state index contributed by atoms with van der Waals surface area (Å²) >= 11 is 0. The molecule has 0 radical (unpaired) electrons. The first-order valence-corrected chi connectivity index (χ1v) is 9.97. The number of imide groups is 1. The van der Waals surface area contributed by atoms with Crippen LogP contribution in [0.2, 0.25) is 0 Å². The Kier molecular flexibility index (Phi) is 4.74. The molecular formula is C24H17F3N2O3. The van der Waals surface area contributed by atoms with Crippen molar-refractivity contribution in [1.29, 1.82) is 0 Å². The molecule has 0 bridgehead atoms. The normalized spacial score (nSPS) is 23.0. The number of halogens is 3. The van der Waals surface area contributed by atoms with Crippen molar-refractivity contribution in [3.05, 3.63) is 96.1 Å². The summed E-state index contributed by atoms with van der Waals surface area (Å²) in [7, 11) is 0. The van der Waals surface area contributed by atoms with Crippen LogP contribution in [0, 0.1) is 5.92 Å². The fraction of sp³-hybridized carbons (Fsp3) is 0.167. The third kappa shape index (κ3) is 3.23. The number of benzene rings is 3. The lowest BCUT2D eigenvalue weighted by Crippen LogP contribution is -2.37. The highest BCUT2D eigenvalue weighted by molar-refractivity contribution is 6.24. The minimum atomic E-state index is -4.59. The molecule has 8 heteroatoms. The Balaban J connectivity index is 1.56. The Morgan fingerprint density at radius 1 is 0.750 bits per heavy atom. The van der Waals surface area contributed by atoms with Crippen molar-refractivity contribution in [2.24, 2.45) is 5.92 Å². The van der Waals surface area contributed by atoms with Crippen molar-refractivity contribution in [2.75, 3.05) is 9.96 Å². The molecule has 3 atom stereocenters. The van der Waals surface area contributed by atoms with E-state index in [4.69, 9.17) is 4.84 Å². The van der Waals surface area contributed by atoms with Crippen LogP contribution >= 0.6 is 0 Å². The molecule has 0 aromatic heterocycles. The quantitative estimate of drug-likeness (QED) is 0.554. The van der Waals surface area contributed by atoms with Crippen LogP contribution in [0.4, 0.5) is 24.5 Å². The Hall–Kier alpha value is -3.65. The van der Waals surface area contributed by atoms with Crippen molar-refractivity contribution in [3.63, 3.8) is 0 Å². The second kappa shape index (κ2) is 7.49. The van der Waals surface area contributed by atoms with Gasteiger partial charge in [0, 0.05) is 0 Å². The van der Waals surface area contributed by atoms with Gasteiger partial charge in [-0.2, -0.15) is 13.2 Å². The maximum Gasteiger partial charge on any atom is 0.416 e. The van der Waals surface area contributed by atoms with E-state index >= 15 is 0 Å². The van der Waals surface area contributed by atoms with E-state index in [0.717, 1.165) is 22.6 Å². The number of rotatable bonds is 3. The molecule has 32 heavy (non-hydrogen) atoms. The van der Waals surface area contributed by atoms with E-state index in [-0.39, 0.29) is 5.69 Å². The van der Waals surface area contributed by atoms with Crippen LogP contribution in [0.25, 0.3) is 0 Å². The summed E-state index contributed by atoms with van der Waals surface area (Å²) in [5.41, 5.74) is 0.378. The number of para-hydroxylation sites is 1. The van der Waals surface area contributed by atoms with Gasteiger partial charge in [0.1, 0.15) is 5.92 Å². The van der Waals surface area contributed by atoms with E-state index in [1.54, 1.807) is 17.2 Å². The van der Waals surface area contributed by atoms with Gasteiger partial charge in [-0.05, 0) is 35.9 Å². The molecule has 3 unspecified atom stereocenters. The van der Waals surface area contributed by atoms with E-state index in [0.29, 0.717) is 5.69 Å². The van der Waals surface area contributed by atoms with Crippen LogP contribution in [0.1, 0.15) is 17.2 Å². The monoisotopic (exact) mass is 438 g/mol. The fourth-order valence-electron chi connectivity index (χ4n) is 4.28. The molecule has 0 saturated carbocycles. The highest BCUT2D eigenvalue weighted by Gasteiger charge is 2.60. The third-order valence-corrected chi connectivity index (χ3v) is 5.70. The lowest BCUT2D eigenvalue weighted by Gasteiger charge is -2.28. The number of hydrogen-bond donors (Lipinski definition) is 0. The largest absolute Gasteiger partial charge is 0.416 e. The molecule has 162 valence electrons. The van der Waals surface area contributed by atoms with Crippen LogP contribution in [0.3, 0.4) is 0 Å². The van der Waals surface area contributed by atoms with Crippen molar-refractivity contribution in [3.8, 4) is 0 Å². The molecule has 0 aliphatic carbocycles. The second-order valence-corrected chi connectivity index (χ2v) is 7.63. The van der Waals surface area contributed by atoms with Crippen LogP contribution in [-0.2, 0) is 20.6 Å². The SMILES string of the molecule is O=C1C2ON(c3ccccc3)C(c3ccccc3)C2C(=O)N1c1cccc(C(F)(F)F)c1. The van der Waals surface area contributed by atoms with Gasteiger partial charge in [0.25, 0.3) is 5.91 Å². The maximum atomic E-state index is 13.4. The van der Waals surface area contributed by atoms with Crippen LogP contribution in [0.5, 0.6) is 0 Å². The van der Waals surface area contributed by atoms with E-state index in [2.05, 4.69) is 0 Å². The molecule has 3 aromatic rings. The zero-order valence-corrected chi connectivity index (χ0v) is 16.6. The zero-order valence-electron chi connectivity index (χ0n) is 16.6. The van der Waals surface area contributed by atoms with Crippen molar-refractivity contribution < 1.29 is 27.6 Å². The van der Waals surface area contributed by atoms with Gasteiger partial charge in [0.05, 0.1) is 23.0 Å². The van der Waals surface area contributed by atoms with E-state index < -0.39 is 41.6 Å². The summed E-state index contributed by atoms with van der Waals surface area (Å²) in [6.07, 6.45) is -5.73. The number of nitrogens with zero attached hydrogens (tertiary/aromatic N) is 2. The van der Waals surface area contributed by atoms with Crippen LogP contribution in [0.15, 0.2) is 84.9 Å². The van der Waals surface area contributed by atoms with Crippen molar-refractivity contribution >= 4 is 23.2 Å². The minimum absolute atomic E-state index is 0.120. The van der Waals surface area contributed by atoms with Crippen molar-refractivity contribution in [2.45, 2.75) is 18.3 Å². The molecule has 0 N–H and O–H groups in total. The molecule has 2 amide bonds. The molecule has 3 aromatic carbocycles.